The Morgan fingerprint density at radius 2 is 1.71 bits per heavy atom. The number of hydrogen-bond acceptors (Lipinski definition) is 7. The van der Waals surface area contributed by atoms with Crippen molar-refractivity contribution < 1.29 is 28.4 Å². The molecule has 4 aliphatic carbocycles. The molecule has 8 nitrogen and oxygen atoms in total. The minimum atomic E-state index is -0.634. The van der Waals surface area contributed by atoms with Gasteiger partial charge in [0.15, 0.2) is 0 Å². The van der Waals surface area contributed by atoms with Crippen LogP contribution in [-0.4, -0.2) is 86.8 Å². The number of carbonyl (C=O) groups excluding carboxylic acids is 2. The molecule has 1 saturated heterocycles. The molecular formula is C36H57BN2O6. The van der Waals surface area contributed by atoms with Gasteiger partial charge in [-0.25, -0.2) is 4.79 Å². The number of benzene rings is 1. The SMILES string of the molecule is COc1c(CC(B2OC3CC4CC(C4(C)C)C3(C)O2)N(C)C(=O)CC2CCC(CN(C)C)CC2)cccc1C(=O)OC(C)(C)C. The summed E-state index contributed by atoms with van der Waals surface area (Å²) in [5.41, 5.74) is 0.398. The minimum Gasteiger partial charge on any atom is -0.496 e. The fourth-order valence-electron chi connectivity index (χ4n) is 8.90. The molecule has 5 aliphatic rings. The van der Waals surface area contributed by atoms with E-state index in [1.807, 2.05) is 44.9 Å². The molecule has 2 bridgehead atoms. The second-order valence-corrected chi connectivity index (χ2v) is 16.5. The van der Waals surface area contributed by atoms with Crippen LogP contribution in [-0.2, 0) is 25.3 Å². The zero-order valence-corrected chi connectivity index (χ0v) is 29.5. The molecule has 5 fully saturated rings. The predicted molar refractivity (Wildman–Crippen MR) is 177 cm³/mol. The van der Waals surface area contributed by atoms with Crippen molar-refractivity contribution in [3.05, 3.63) is 29.3 Å². The van der Waals surface area contributed by atoms with E-state index in [4.69, 9.17) is 18.8 Å². The molecule has 1 amide bonds. The van der Waals surface area contributed by atoms with Gasteiger partial charge in [-0.3, -0.25) is 4.79 Å². The minimum absolute atomic E-state index is 0.00671. The van der Waals surface area contributed by atoms with Crippen LogP contribution in [0.4, 0.5) is 0 Å². The fraction of sp³-hybridized carbons (Fsp3) is 0.778. The number of methoxy groups -OCH3 is 1. The van der Waals surface area contributed by atoms with Crippen LogP contribution in [0.15, 0.2) is 18.2 Å². The number of amides is 1. The van der Waals surface area contributed by atoms with Crippen LogP contribution < -0.4 is 4.74 Å². The Morgan fingerprint density at radius 1 is 1.04 bits per heavy atom. The molecule has 5 atom stereocenters. The van der Waals surface area contributed by atoms with Crippen molar-refractivity contribution >= 4 is 19.0 Å². The van der Waals surface area contributed by atoms with E-state index in [0.717, 1.165) is 37.8 Å². The second-order valence-electron chi connectivity index (χ2n) is 16.5. The van der Waals surface area contributed by atoms with Crippen LogP contribution in [0.3, 0.4) is 0 Å². The van der Waals surface area contributed by atoms with Gasteiger partial charge in [-0.1, -0.05) is 26.0 Å². The van der Waals surface area contributed by atoms with Crippen molar-refractivity contribution in [3.8, 4) is 5.75 Å². The molecule has 9 heteroatoms. The summed E-state index contributed by atoms with van der Waals surface area (Å²) < 4.78 is 25.3. The number of nitrogens with zero attached hydrogens (tertiary/aromatic N) is 2. The third kappa shape index (κ3) is 6.96. The standard InChI is InChI=1S/C36H57BN2O6/c1-34(2,3)43-33(41)27-13-11-12-25(32(27)42-10)19-30(37-44-29-21-26-20-28(35(26,4)5)36(29,6)45-37)39(9)31(40)18-23-14-16-24(17-15-23)22-38(7)8/h11-13,23-24,26,28-30H,14-22H2,1-10H3. The Labute approximate surface area is 272 Å². The molecule has 0 spiro atoms. The molecule has 250 valence electrons. The van der Waals surface area contributed by atoms with Gasteiger partial charge in [-0.15, -0.1) is 0 Å². The highest BCUT2D eigenvalue weighted by molar-refractivity contribution is 6.48. The Bertz CT molecular complexity index is 1240. The molecule has 1 aromatic carbocycles. The summed E-state index contributed by atoms with van der Waals surface area (Å²) in [6, 6.07) is 5.56. The molecule has 0 radical (unpaired) electrons. The lowest BCUT2D eigenvalue weighted by atomic mass is 9.43. The molecule has 45 heavy (non-hydrogen) atoms. The fourth-order valence-corrected chi connectivity index (χ4v) is 8.90. The molecule has 4 saturated carbocycles. The lowest BCUT2D eigenvalue weighted by molar-refractivity contribution is -0.199. The van der Waals surface area contributed by atoms with E-state index >= 15 is 0 Å². The first-order valence-electron chi connectivity index (χ1n) is 17.2. The zero-order chi connectivity index (χ0) is 32.9. The topological polar surface area (TPSA) is 77.5 Å². The largest absolute Gasteiger partial charge is 0.496 e. The van der Waals surface area contributed by atoms with Gasteiger partial charge in [0.05, 0.1) is 24.8 Å². The lowest BCUT2D eigenvalue weighted by Gasteiger charge is -2.64. The van der Waals surface area contributed by atoms with Crippen LogP contribution in [0.25, 0.3) is 0 Å². The van der Waals surface area contributed by atoms with Gasteiger partial charge in [0, 0.05) is 20.0 Å². The third-order valence-corrected chi connectivity index (χ3v) is 11.6. The average molecular weight is 625 g/mol. The summed E-state index contributed by atoms with van der Waals surface area (Å²) >= 11 is 0. The van der Waals surface area contributed by atoms with E-state index < -0.39 is 24.3 Å². The zero-order valence-electron chi connectivity index (χ0n) is 29.5. The van der Waals surface area contributed by atoms with Crippen molar-refractivity contribution in [3.63, 3.8) is 0 Å². The van der Waals surface area contributed by atoms with Gasteiger partial charge in [0.25, 0.3) is 0 Å². The van der Waals surface area contributed by atoms with Crippen LogP contribution >= 0.6 is 0 Å². The summed E-state index contributed by atoms with van der Waals surface area (Å²) in [5.74, 6) is 1.94. The number of hydrogen-bond donors (Lipinski definition) is 0. The van der Waals surface area contributed by atoms with Crippen molar-refractivity contribution in [2.24, 2.45) is 29.1 Å². The maximum Gasteiger partial charge on any atom is 0.482 e. The molecule has 1 aliphatic heterocycles. The first-order valence-corrected chi connectivity index (χ1v) is 17.2. The van der Waals surface area contributed by atoms with Crippen molar-refractivity contribution in [1.29, 1.82) is 0 Å². The first-order chi connectivity index (χ1) is 21.0. The molecule has 0 aromatic heterocycles. The number of rotatable bonds is 10. The van der Waals surface area contributed by atoms with Crippen molar-refractivity contribution in [1.82, 2.24) is 9.80 Å². The van der Waals surface area contributed by atoms with E-state index in [2.05, 4.69) is 39.8 Å². The van der Waals surface area contributed by atoms with E-state index in [1.165, 1.54) is 12.8 Å². The van der Waals surface area contributed by atoms with Crippen molar-refractivity contribution in [2.75, 3.05) is 34.8 Å². The van der Waals surface area contributed by atoms with E-state index in [0.29, 0.717) is 47.8 Å². The molecule has 0 N–H and O–H groups in total. The predicted octanol–water partition coefficient (Wildman–Crippen LogP) is 6.05. The van der Waals surface area contributed by atoms with Gasteiger partial charge < -0.3 is 28.6 Å². The van der Waals surface area contributed by atoms with Gasteiger partial charge in [0.2, 0.25) is 5.91 Å². The Kier molecular flexibility index (Phi) is 9.77. The number of para-hydroxylation sites is 1. The second kappa shape index (κ2) is 12.8. The number of ether oxygens (including phenoxy) is 2. The highest BCUT2D eigenvalue weighted by Crippen LogP contribution is 2.65. The van der Waals surface area contributed by atoms with E-state index in [-0.39, 0.29) is 23.4 Å². The number of likely N-dealkylation sites (N-methyl/N-ethyl adjacent to an activating group) is 1. The molecule has 5 unspecified atom stereocenters. The highest BCUT2D eigenvalue weighted by Gasteiger charge is 2.68. The molecular weight excluding hydrogens is 567 g/mol. The van der Waals surface area contributed by atoms with Gasteiger partial charge >= 0.3 is 13.1 Å². The normalized spacial score (nSPS) is 31.2. The molecule has 6 rings (SSSR count). The van der Waals surface area contributed by atoms with Crippen LogP contribution in [0.2, 0.25) is 0 Å². The lowest BCUT2D eigenvalue weighted by Crippen LogP contribution is -2.65. The number of esters is 1. The third-order valence-electron chi connectivity index (χ3n) is 11.6. The highest BCUT2D eigenvalue weighted by atomic mass is 16.7. The quantitative estimate of drug-likeness (QED) is 0.232. The maximum atomic E-state index is 14.0. The summed E-state index contributed by atoms with van der Waals surface area (Å²) in [4.78, 5) is 31.3. The summed E-state index contributed by atoms with van der Waals surface area (Å²) in [5, 5.41) is 0. The van der Waals surface area contributed by atoms with Crippen molar-refractivity contribution in [2.45, 2.75) is 116 Å². The number of carbonyl (C=O) groups is 2. The van der Waals surface area contributed by atoms with Crippen LogP contribution in [0.1, 0.15) is 102 Å². The first kappa shape index (κ1) is 34.2. The van der Waals surface area contributed by atoms with E-state index in [1.54, 1.807) is 13.2 Å². The van der Waals surface area contributed by atoms with Crippen LogP contribution in [0, 0.1) is 29.1 Å². The Morgan fingerprint density at radius 3 is 2.31 bits per heavy atom. The smallest absolute Gasteiger partial charge is 0.482 e. The van der Waals surface area contributed by atoms with Gasteiger partial charge in [0.1, 0.15) is 16.9 Å². The van der Waals surface area contributed by atoms with Gasteiger partial charge in [-0.05, 0) is 127 Å². The summed E-state index contributed by atoms with van der Waals surface area (Å²) in [6.07, 6.45) is 7.63. The monoisotopic (exact) mass is 624 g/mol. The Hall–Kier alpha value is -2.10. The average Bonchev–Trinajstić information content (AvgIpc) is 3.32. The Balaban J connectivity index is 1.38. The maximum absolute atomic E-state index is 14.0. The molecule has 1 aromatic rings. The summed E-state index contributed by atoms with van der Waals surface area (Å²) in [7, 11) is 7.18. The van der Waals surface area contributed by atoms with E-state index in [9.17, 15) is 9.59 Å². The molecule has 1 heterocycles. The van der Waals surface area contributed by atoms with Gasteiger partial charge in [-0.2, -0.15) is 0 Å². The summed E-state index contributed by atoms with van der Waals surface area (Å²) in [6.45, 7) is 13.6. The van der Waals surface area contributed by atoms with Crippen LogP contribution in [0.5, 0.6) is 5.75 Å².